The van der Waals surface area contributed by atoms with Gasteiger partial charge in [0.15, 0.2) is 0 Å². The average molecular weight is 229 g/mol. The lowest BCUT2D eigenvalue weighted by Crippen LogP contribution is -2.51. The van der Waals surface area contributed by atoms with Crippen LogP contribution in [0.2, 0.25) is 0 Å². The van der Waals surface area contributed by atoms with Crippen LogP contribution in [0.4, 0.5) is 0 Å². The van der Waals surface area contributed by atoms with Gasteiger partial charge in [-0.1, -0.05) is 20.3 Å². The third-order valence-electron chi connectivity index (χ3n) is 3.58. The molecule has 0 amide bonds. The van der Waals surface area contributed by atoms with Crippen molar-refractivity contribution in [3.05, 3.63) is 0 Å². The van der Waals surface area contributed by atoms with E-state index in [9.17, 15) is 0 Å². The molecule has 3 atom stereocenters. The number of ether oxygens (including phenoxy) is 2. The summed E-state index contributed by atoms with van der Waals surface area (Å²) in [5, 5.41) is 0. The molecule has 3 nitrogen and oxygen atoms in total. The van der Waals surface area contributed by atoms with Crippen LogP contribution >= 0.6 is 0 Å². The first-order chi connectivity index (χ1) is 7.47. The third-order valence-corrected chi connectivity index (χ3v) is 3.58. The van der Waals surface area contributed by atoms with Crippen molar-refractivity contribution in [2.45, 2.75) is 65.2 Å². The molecule has 0 heterocycles. The molecule has 0 bridgehead atoms. The molecule has 1 rings (SSSR count). The number of hydrogen-bond acceptors (Lipinski definition) is 3. The second kappa shape index (κ2) is 5.99. The van der Waals surface area contributed by atoms with E-state index in [-0.39, 0.29) is 23.7 Å². The molecule has 0 aromatic rings. The van der Waals surface area contributed by atoms with Crippen molar-refractivity contribution in [2.24, 2.45) is 11.1 Å². The molecule has 0 aromatic carbocycles. The maximum absolute atomic E-state index is 6.27. The fourth-order valence-electron chi connectivity index (χ4n) is 2.38. The summed E-state index contributed by atoms with van der Waals surface area (Å²) in [7, 11) is 0. The van der Waals surface area contributed by atoms with Gasteiger partial charge in [-0.25, -0.2) is 0 Å². The average Bonchev–Trinajstić information content (AvgIpc) is 2.22. The third kappa shape index (κ3) is 3.72. The number of hydrogen-bond donors (Lipinski definition) is 1. The van der Waals surface area contributed by atoms with Crippen LogP contribution in [0.5, 0.6) is 0 Å². The predicted molar refractivity (Wildman–Crippen MR) is 66.4 cm³/mol. The molecule has 1 saturated carbocycles. The molecule has 16 heavy (non-hydrogen) atoms. The number of rotatable bonds is 5. The summed E-state index contributed by atoms with van der Waals surface area (Å²) in [6, 6.07) is 0.144. The lowest BCUT2D eigenvalue weighted by molar-refractivity contribution is -0.0856. The van der Waals surface area contributed by atoms with E-state index in [1.807, 2.05) is 6.92 Å². The molecule has 3 heteroatoms. The standard InChI is InChI=1S/C13H27NO2/c1-5-15-9-10(2)16-11-7-6-8-13(3,4)12(11)14/h10-12H,5-9,14H2,1-4H3. The minimum atomic E-state index is 0.143. The Bertz CT molecular complexity index is 206. The topological polar surface area (TPSA) is 44.5 Å². The van der Waals surface area contributed by atoms with Crippen molar-refractivity contribution >= 4 is 0 Å². The van der Waals surface area contributed by atoms with Crippen LogP contribution in [-0.2, 0) is 9.47 Å². The summed E-state index contributed by atoms with van der Waals surface area (Å²) >= 11 is 0. The zero-order valence-electron chi connectivity index (χ0n) is 11.2. The molecular weight excluding hydrogens is 202 g/mol. The Morgan fingerprint density at radius 1 is 1.44 bits per heavy atom. The first kappa shape index (κ1) is 13.9. The van der Waals surface area contributed by atoms with E-state index < -0.39 is 0 Å². The van der Waals surface area contributed by atoms with Gasteiger partial charge in [-0.2, -0.15) is 0 Å². The molecule has 1 aliphatic rings. The van der Waals surface area contributed by atoms with Gasteiger partial charge in [0.25, 0.3) is 0 Å². The van der Waals surface area contributed by atoms with Crippen LogP contribution < -0.4 is 5.73 Å². The quantitative estimate of drug-likeness (QED) is 0.787. The van der Waals surface area contributed by atoms with Crippen LogP contribution in [0.1, 0.15) is 47.0 Å². The summed E-state index contributed by atoms with van der Waals surface area (Å²) in [6.45, 7) is 9.95. The molecular formula is C13H27NO2. The van der Waals surface area contributed by atoms with Gasteiger partial charge in [0.05, 0.1) is 18.8 Å². The van der Waals surface area contributed by atoms with Crippen molar-refractivity contribution in [3.8, 4) is 0 Å². The summed E-state index contributed by atoms with van der Waals surface area (Å²) in [6.07, 6.45) is 3.84. The van der Waals surface area contributed by atoms with Gasteiger partial charge in [-0.3, -0.25) is 0 Å². The van der Waals surface area contributed by atoms with E-state index in [2.05, 4.69) is 20.8 Å². The summed E-state index contributed by atoms with van der Waals surface area (Å²) < 4.78 is 11.3. The monoisotopic (exact) mass is 229 g/mol. The van der Waals surface area contributed by atoms with Gasteiger partial charge in [-0.05, 0) is 32.1 Å². The molecule has 1 aliphatic carbocycles. The highest BCUT2D eigenvalue weighted by molar-refractivity contribution is 4.92. The smallest absolute Gasteiger partial charge is 0.0785 e. The fourth-order valence-corrected chi connectivity index (χ4v) is 2.38. The minimum absolute atomic E-state index is 0.143. The lowest BCUT2D eigenvalue weighted by atomic mass is 9.72. The first-order valence-electron chi connectivity index (χ1n) is 6.46. The maximum atomic E-state index is 6.27. The number of nitrogens with two attached hydrogens (primary N) is 1. The van der Waals surface area contributed by atoms with Gasteiger partial charge in [0, 0.05) is 12.6 Å². The molecule has 96 valence electrons. The van der Waals surface area contributed by atoms with Crippen LogP contribution in [0, 0.1) is 5.41 Å². The lowest BCUT2D eigenvalue weighted by Gasteiger charge is -2.42. The normalized spacial score (nSPS) is 31.3. The van der Waals surface area contributed by atoms with Crippen LogP contribution in [0.15, 0.2) is 0 Å². The minimum Gasteiger partial charge on any atom is -0.379 e. The van der Waals surface area contributed by atoms with E-state index in [4.69, 9.17) is 15.2 Å². The molecule has 2 N–H and O–H groups in total. The van der Waals surface area contributed by atoms with Crippen molar-refractivity contribution in [1.29, 1.82) is 0 Å². The highest BCUT2D eigenvalue weighted by Gasteiger charge is 2.37. The van der Waals surface area contributed by atoms with Crippen molar-refractivity contribution in [3.63, 3.8) is 0 Å². The summed E-state index contributed by atoms with van der Waals surface area (Å²) in [4.78, 5) is 0. The van der Waals surface area contributed by atoms with Gasteiger partial charge in [-0.15, -0.1) is 0 Å². The van der Waals surface area contributed by atoms with E-state index in [0.717, 1.165) is 13.0 Å². The molecule has 0 spiro atoms. The SMILES string of the molecule is CCOCC(C)OC1CCCC(C)(C)C1N. The van der Waals surface area contributed by atoms with Crippen molar-refractivity contribution in [1.82, 2.24) is 0 Å². The Morgan fingerprint density at radius 2 is 2.12 bits per heavy atom. The summed E-state index contributed by atoms with van der Waals surface area (Å²) in [5.41, 5.74) is 6.47. The van der Waals surface area contributed by atoms with Gasteiger partial charge in [0.1, 0.15) is 0 Å². The van der Waals surface area contributed by atoms with E-state index >= 15 is 0 Å². The Labute approximate surface area is 99.7 Å². The van der Waals surface area contributed by atoms with E-state index in [1.165, 1.54) is 12.8 Å². The molecule has 0 aromatic heterocycles. The first-order valence-corrected chi connectivity index (χ1v) is 6.46. The summed E-state index contributed by atoms with van der Waals surface area (Å²) in [5.74, 6) is 0. The largest absolute Gasteiger partial charge is 0.379 e. The molecule has 0 aliphatic heterocycles. The van der Waals surface area contributed by atoms with Crippen molar-refractivity contribution < 1.29 is 9.47 Å². The maximum Gasteiger partial charge on any atom is 0.0785 e. The molecule has 0 saturated heterocycles. The van der Waals surface area contributed by atoms with Crippen LogP contribution in [-0.4, -0.2) is 31.5 Å². The fraction of sp³-hybridized carbons (Fsp3) is 1.00. The van der Waals surface area contributed by atoms with Crippen LogP contribution in [0.25, 0.3) is 0 Å². The Morgan fingerprint density at radius 3 is 2.75 bits per heavy atom. The van der Waals surface area contributed by atoms with Gasteiger partial charge >= 0.3 is 0 Å². The Hall–Kier alpha value is -0.120. The molecule has 1 fully saturated rings. The van der Waals surface area contributed by atoms with E-state index in [1.54, 1.807) is 0 Å². The van der Waals surface area contributed by atoms with E-state index in [0.29, 0.717) is 6.61 Å². The Balaban J connectivity index is 2.41. The van der Waals surface area contributed by atoms with Gasteiger partial charge < -0.3 is 15.2 Å². The zero-order chi connectivity index (χ0) is 12.2. The Kier molecular flexibility index (Phi) is 5.22. The highest BCUT2D eigenvalue weighted by Crippen LogP contribution is 2.36. The van der Waals surface area contributed by atoms with Crippen molar-refractivity contribution in [2.75, 3.05) is 13.2 Å². The zero-order valence-corrected chi connectivity index (χ0v) is 11.2. The second-order valence-corrected chi connectivity index (χ2v) is 5.55. The van der Waals surface area contributed by atoms with Gasteiger partial charge in [0.2, 0.25) is 0 Å². The highest BCUT2D eigenvalue weighted by atomic mass is 16.5. The second-order valence-electron chi connectivity index (χ2n) is 5.55. The molecule has 0 radical (unpaired) electrons. The van der Waals surface area contributed by atoms with Crippen LogP contribution in [0.3, 0.4) is 0 Å². The molecule has 3 unspecified atom stereocenters. The predicted octanol–water partition coefficient (Wildman–Crippen LogP) is 2.33.